The van der Waals surface area contributed by atoms with Crippen molar-refractivity contribution in [3.63, 3.8) is 0 Å². The first-order valence-electron chi connectivity index (χ1n) is 7.90. The maximum atomic E-state index is 12.9. The van der Waals surface area contributed by atoms with Crippen LogP contribution in [0.2, 0.25) is 0 Å². The maximum Gasteiger partial charge on any atom is 0.195 e. The summed E-state index contributed by atoms with van der Waals surface area (Å²) in [5, 5.41) is 18.8. The van der Waals surface area contributed by atoms with E-state index < -0.39 is 6.10 Å². The molecule has 1 heterocycles. The number of aliphatic hydroxyl groups is 1. The van der Waals surface area contributed by atoms with Crippen molar-refractivity contribution < 1.29 is 19.0 Å². The van der Waals surface area contributed by atoms with E-state index in [4.69, 9.17) is 9.47 Å². The van der Waals surface area contributed by atoms with Gasteiger partial charge in [-0.15, -0.1) is 10.2 Å². The summed E-state index contributed by atoms with van der Waals surface area (Å²) in [4.78, 5) is 0. The van der Waals surface area contributed by atoms with Crippen LogP contribution in [0.4, 0.5) is 4.39 Å². The molecule has 0 bridgehead atoms. The van der Waals surface area contributed by atoms with Crippen LogP contribution in [0, 0.1) is 5.82 Å². The van der Waals surface area contributed by atoms with Gasteiger partial charge in [-0.25, -0.2) is 4.39 Å². The topological polar surface area (TPSA) is 69.4 Å². The number of methoxy groups -OCH3 is 1. The Balaban J connectivity index is 1.58. The predicted octanol–water partition coefficient (Wildman–Crippen LogP) is 2.95. The fourth-order valence-corrected chi connectivity index (χ4v) is 3.09. The van der Waals surface area contributed by atoms with Crippen molar-refractivity contribution in [1.82, 2.24) is 14.8 Å². The summed E-state index contributed by atoms with van der Waals surface area (Å²) < 4.78 is 25.5. The molecule has 0 fully saturated rings. The largest absolute Gasteiger partial charge is 0.495 e. The molecule has 3 aromatic rings. The normalized spacial score (nSPS) is 12.0. The number of aromatic nitrogens is 3. The van der Waals surface area contributed by atoms with Gasteiger partial charge < -0.3 is 14.6 Å². The number of hydrogen-bond acceptors (Lipinski definition) is 6. The monoisotopic (exact) mass is 375 g/mol. The number of rotatable bonds is 8. The SMILES string of the molecule is COc1ccccc1-n1cnnc1SC[C@H](O)COc1ccc(F)cc1. The third-order valence-electron chi connectivity index (χ3n) is 3.52. The van der Waals surface area contributed by atoms with Gasteiger partial charge in [0.25, 0.3) is 0 Å². The van der Waals surface area contributed by atoms with Crippen LogP contribution in [0.1, 0.15) is 0 Å². The van der Waals surface area contributed by atoms with Gasteiger partial charge in [-0.05, 0) is 36.4 Å². The van der Waals surface area contributed by atoms with Gasteiger partial charge in [-0.3, -0.25) is 4.57 Å². The molecule has 136 valence electrons. The van der Waals surface area contributed by atoms with Crippen molar-refractivity contribution in [2.75, 3.05) is 19.5 Å². The Hall–Kier alpha value is -2.58. The van der Waals surface area contributed by atoms with Crippen LogP contribution in [-0.4, -0.2) is 45.4 Å². The molecule has 1 atom stereocenters. The molecule has 0 aliphatic rings. The number of nitrogens with zero attached hydrogens (tertiary/aromatic N) is 3. The Labute approximate surface area is 154 Å². The van der Waals surface area contributed by atoms with Gasteiger partial charge in [0, 0.05) is 5.75 Å². The summed E-state index contributed by atoms with van der Waals surface area (Å²) in [5.41, 5.74) is 0.819. The molecule has 1 N–H and O–H groups in total. The molecule has 0 spiro atoms. The summed E-state index contributed by atoms with van der Waals surface area (Å²) in [5.74, 6) is 1.25. The number of para-hydroxylation sites is 2. The Morgan fingerprint density at radius 1 is 1.19 bits per heavy atom. The minimum atomic E-state index is -0.715. The van der Waals surface area contributed by atoms with Crippen LogP contribution < -0.4 is 9.47 Å². The van der Waals surface area contributed by atoms with E-state index in [1.165, 1.54) is 36.0 Å². The Bertz CT molecular complexity index is 842. The van der Waals surface area contributed by atoms with Gasteiger partial charge in [0.05, 0.1) is 18.9 Å². The Morgan fingerprint density at radius 3 is 2.73 bits per heavy atom. The standard InChI is InChI=1S/C18H18FN3O3S/c1-24-17-5-3-2-4-16(17)22-12-20-21-18(22)26-11-14(23)10-25-15-8-6-13(19)7-9-15/h2-9,12,14,23H,10-11H2,1H3/t14-/m1/s1. The summed E-state index contributed by atoms with van der Waals surface area (Å²) >= 11 is 1.36. The van der Waals surface area contributed by atoms with Gasteiger partial charge in [-0.2, -0.15) is 0 Å². The van der Waals surface area contributed by atoms with Gasteiger partial charge in [-0.1, -0.05) is 23.9 Å². The van der Waals surface area contributed by atoms with E-state index >= 15 is 0 Å². The third kappa shape index (κ3) is 4.53. The summed E-state index contributed by atoms with van der Waals surface area (Å²) in [7, 11) is 1.60. The fraction of sp³-hybridized carbons (Fsp3) is 0.222. The lowest BCUT2D eigenvalue weighted by Gasteiger charge is -2.13. The number of hydrogen-bond donors (Lipinski definition) is 1. The molecule has 1 aromatic heterocycles. The van der Waals surface area contributed by atoms with Crippen LogP contribution >= 0.6 is 11.8 Å². The number of thioether (sulfide) groups is 1. The molecular formula is C18H18FN3O3S. The predicted molar refractivity (Wildman–Crippen MR) is 96.5 cm³/mol. The van der Waals surface area contributed by atoms with Gasteiger partial charge in [0.1, 0.15) is 30.3 Å². The second-order valence-electron chi connectivity index (χ2n) is 5.39. The van der Waals surface area contributed by atoms with Crippen molar-refractivity contribution in [2.45, 2.75) is 11.3 Å². The molecule has 0 saturated carbocycles. The van der Waals surface area contributed by atoms with Crippen LogP contribution in [0.5, 0.6) is 11.5 Å². The lowest BCUT2D eigenvalue weighted by atomic mass is 10.3. The highest BCUT2D eigenvalue weighted by molar-refractivity contribution is 7.99. The van der Waals surface area contributed by atoms with E-state index in [-0.39, 0.29) is 12.4 Å². The van der Waals surface area contributed by atoms with Crippen molar-refractivity contribution in [3.05, 3.63) is 60.7 Å². The third-order valence-corrected chi connectivity index (χ3v) is 4.61. The minimum absolute atomic E-state index is 0.0986. The molecule has 8 heteroatoms. The van der Waals surface area contributed by atoms with Crippen LogP contribution in [0.25, 0.3) is 5.69 Å². The van der Waals surface area contributed by atoms with Crippen molar-refractivity contribution in [2.24, 2.45) is 0 Å². The van der Waals surface area contributed by atoms with Crippen molar-refractivity contribution in [3.8, 4) is 17.2 Å². The summed E-state index contributed by atoms with van der Waals surface area (Å²) in [6.45, 7) is 0.0986. The van der Waals surface area contributed by atoms with E-state index in [1.54, 1.807) is 18.0 Å². The van der Waals surface area contributed by atoms with E-state index in [9.17, 15) is 9.50 Å². The first-order valence-corrected chi connectivity index (χ1v) is 8.88. The van der Waals surface area contributed by atoms with Crippen molar-refractivity contribution in [1.29, 1.82) is 0 Å². The Kier molecular flexibility index (Phi) is 6.08. The molecule has 0 unspecified atom stereocenters. The van der Waals surface area contributed by atoms with Gasteiger partial charge in [0.2, 0.25) is 0 Å². The number of benzene rings is 2. The summed E-state index contributed by atoms with van der Waals surface area (Å²) in [6.07, 6.45) is 0.884. The first-order chi connectivity index (χ1) is 12.7. The molecular weight excluding hydrogens is 357 g/mol. The highest BCUT2D eigenvalue weighted by Gasteiger charge is 2.14. The molecule has 3 rings (SSSR count). The number of halogens is 1. The number of ether oxygens (including phenoxy) is 2. The zero-order valence-electron chi connectivity index (χ0n) is 14.1. The molecule has 26 heavy (non-hydrogen) atoms. The van der Waals surface area contributed by atoms with Crippen LogP contribution in [0.3, 0.4) is 0 Å². The lowest BCUT2D eigenvalue weighted by Crippen LogP contribution is -2.20. The highest BCUT2D eigenvalue weighted by atomic mass is 32.2. The highest BCUT2D eigenvalue weighted by Crippen LogP contribution is 2.26. The Morgan fingerprint density at radius 2 is 1.96 bits per heavy atom. The number of aliphatic hydroxyl groups excluding tert-OH is 1. The van der Waals surface area contributed by atoms with Gasteiger partial charge >= 0.3 is 0 Å². The smallest absolute Gasteiger partial charge is 0.195 e. The van der Waals surface area contributed by atoms with E-state index in [0.29, 0.717) is 22.4 Å². The molecule has 2 aromatic carbocycles. The average molecular weight is 375 g/mol. The van der Waals surface area contributed by atoms with E-state index in [0.717, 1.165) is 5.69 Å². The molecule has 0 saturated heterocycles. The van der Waals surface area contributed by atoms with E-state index in [1.807, 2.05) is 24.3 Å². The zero-order valence-corrected chi connectivity index (χ0v) is 14.9. The molecule has 0 aliphatic heterocycles. The van der Waals surface area contributed by atoms with Crippen LogP contribution in [-0.2, 0) is 0 Å². The second kappa shape index (κ2) is 8.68. The molecule has 0 amide bonds. The lowest BCUT2D eigenvalue weighted by molar-refractivity contribution is 0.126. The first kappa shape index (κ1) is 18.2. The molecule has 0 aliphatic carbocycles. The second-order valence-corrected chi connectivity index (χ2v) is 6.37. The van der Waals surface area contributed by atoms with E-state index in [2.05, 4.69) is 10.2 Å². The van der Waals surface area contributed by atoms with Gasteiger partial charge in [0.15, 0.2) is 5.16 Å². The van der Waals surface area contributed by atoms with Crippen molar-refractivity contribution >= 4 is 11.8 Å². The molecule has 0 radical (unpaired) electrons. The quantitative estimate of drug-likeness (QED) is 0.611. The maximum absolute atomic E-state index is 12.9. The van der Waals surface area contributed by atoms with Crippen LogP contribution in [0.15, 0.2) is 60.0 Å². The fourth-order valence-electron chi connectivity index (χ4n) is 2.26. The minimum Gasteiger partial charge on any atom is -0.495 e. The summed E-state index contributed by atoms with van der Waals surface area (Å²) in [6, 6.07) is 13.2. The molecule has 6 nitrogen and oxygen atoms in total. The zero-order chi connectivity index (χ0) is 18.4. The average Bonchev–Trinajstić information content (AvgIpc) is 3.14.